The van der Waals surface area contributed by atoms with Crippen LogP contribution in [0.3, 0.4) is 0 Å². The Bertz CT molecular complexity index is 1000. The molecule has 6 heteroatoms. The van der Waals surface area contributed by atoms with Crippen molar-refractivity contribution in [2.45, 2.75) is 33.4 Å². The van der Waals surface area contributed by atoms with Crippen molar-refractivity contribution in [3.8, 4) is 11.4 Å². The Labute approximate surface area is 157 Å². The van der Waals surface area contributed by atoms with Crippen LogP contribution in [0.5, 0.6) is 0 Å². The summed E-state index contributed by atoms with van der Waals surface area (Å²) in [5.74, 6) is 0.606. The zero-order valence-corrected chi connectivity index (χ0v) is 15.7. The number of nitrogens with zero attached hydrogens (tertiary/aromatic N) is 2. The highest BCUT2D eigenvalue weighted by Crippen LogP contribution is 2.22. The van der Waals surface area contributed by atoms with Crippen LogP contribution in [0.4, 0.5) is 0 Å². The van der Waals surface area contributed by atoms with Crippen molar-refractivity contribution in [2.24, 2.45) is 0 Å². The molecule has 134 valence electrons. The van der Waals surface area contributed by atoms with E-state index in [9.17, 15) is 4.79 Å². The molecule has 0 bridgehead atoms. The standard InChI is InChI=1S/C20H21ClN4O/c1-12-9-13(2)22-18(12)11-25-8-7-17-16(10-25)20(26)24-19(23-17)14-3-5-15(21)6-4-14/h3-6,9,22H,7-8,10-11H2,1-2H3,(H,23,24,26). The summed E-state index contributed by atoms with van der Waals surface area (Å²) in [5, 5.41) is 0.666. The molecule has 5 nitrogen and oxygen atoms in total. The van der Waals surface area contributed by atoms with Crippen LogP contribution in [-0.2, 0) is 19.5 Å². The van der Waals surface area contributed by atoms with Gasteiger partial charge in [-0.1, -0.05) is 11.6 Å². The number of H-pyrrole nitrogens is 2. The zero-order chi connectivity index (χ0) is 18.3. The SMILES string of the molecule is Cc1cc(C)c(CN2CCc3nc(-c4ccc(Cl)cc4)[nH]c(=O)c3C2)[nH]1. The second-order valence-corrected chi connectivity index (χ2v) is 7.36. The summed E-state index contributed by atoms with van der Waals surface area (Å²) in [7, 11) is 0. The molecular formula is C20H21ClN4O. The summed E-state index contributed by atoms with van der Waals surface area (Å²) < 4.78 is 0. The first-order valence-electron chi connectivity index (χ1n) is 8.75. The third-order valence-corrected chi connectivity index (χ3v) is 5.16. The summed E-state index contributed by atoms with van der Waals surface area (Å²) in [6, 6.07) is 9.51. The van der Waals surface area contributed by atoms with Gasteiger partial charge >= 0.3 is 0 Å². The predicted octanol–water partition coefficient (Wildman–Crippen LogP) is 3.59. The number of aromatic nitrogens is 3. The minimum absolute atomic E-state index is 0.0518. The third-order valence-electron chi connectivity index (χ3n) is 4.90. The highest BCUT2D eigenvalue weighted by molar-refractivity contribution is 6.30. The van der Waals surface area contributed by atoms with E-state index in [-0.39, 0.29) is 5.56 Å². The lowest BCUT2D eigenvalue weighted by atomic mass is 10.1. The molecule has 3 aromatic rings. The number of fused-ring (bicyclic) bond motifs is 1. The van der Waals surface area contributed by atoms with Crippen molar-refractivity contribution in [3.63, 3.8) is 0 Å². The first kappa shape index (κ1) is 17.1. The molecule has 1 aliphatic rings. The molecule has 0 aliphatic carbocycles. The van der Waals surface area contributed by atoms with Gasteiger partial charge in [0.25, 0.3) is 5.56 Å². The summed E-state index contributed by atoms with van der Waals surface area (Å²) in [5.41, 5.74) is 6.14. The van der Waals surface area contributed by atoms with Gasteiger partial charge < -0.3 is 9.97 Å². The molecule has 26 heavy (non-hydrogen) atoms. The molecule has 0 radical (unpaired) electrons. The molecule has 0 saturated carbocycles. The van der Waals surface area contributed by atoms with Gasteiger partial charge in [-0.25, -0.2) is 4.98 Å². The lowest BCUT2D eigenvalue weighted by molar-refractivity contribution is 0.239. The number of aromatic amines is 2. The number of rotatable bonds is 3. The first-order chi connectivity index (χ1) is 12.5. The number of hydrogen-bond acceptors (Lipinski definition) is 3. The molecule has 2 N–H and O–H groups in total. The van der Waals surface area contributed by atoms with Gasteiger partial charge in [-0.15, -0.1) is 0 Å². The van der Waals surface area contributed by atoms with Gasteiger partial charge in [-0.3, -0.25) is 9.69 Å². The van der Waals surface area contributed by atoms with E-state index in [2.05, 4.69) is 34.8 Å². The minimum Gasteiger partial charge on any atom is -0.361 e. The van der Waals surface area contributed by atoms with E-state index in [4.69, 9.17) is 16.6 Å². The Morgan fingerprint density at radius 3 is 2.65 bits per heavy atom. The highest BCUT2D eigenvalue weighted by Gasteiger charge is 2.22. The van der Waals surface area contributed by atoms with Crippen LogP contribution in [-0.4, -0.2) is 26.4 Å². The fraction of sp³-hybridized carbons (Fsp3) is 0.300. The number of aryl methyl sites for hydroxylation is 2. The second kappa shape index (κ2) is 6.74. The maximum absolute atomic E-state index is 12.6. The van der Waals surface area contributed by atoms with E-state index in [1.807, 2.05) is 12.1 Å². The van der Waals surface area contributed by atoms with E-state index in [0.29, 0.717) is 17.4 Å². The lowest BCUT2D eigenvalue weighted by Crippen LogP contribution is -2.35. The smallest absolute Gasteiger partial charge is 0.255 e. The third kappa shape index (κ3) is 3.32. The van der Waals surface area contributed by atoms with Crippen molar-refractivity contribution < 1.29 is 0 Å². The van der Waals surface area contributed by atoms with E-state index in [1.165, 1.54) is 17.0 Å². The van der Waals surface area contributed by atoms with Crippen molar-refractivity contribution in [1.29, 1.82) is 0 Å². The monoisotopic (exact) mass is 368 g/mol. The lowest BCUT2D eigenvalue weighted by Gasteiger charge is -2.27. The van der Waals surface area contributed by atoms with Crippen molar-refractivity contribution in [2.75, 3.05) is 6.54 Å². The molecule has 4 rings (SSSR count). The molecule has 1 aliphatic heterocycles. The van der Waals surface area contributed by atoms with Crippen LogP contribution >= 0.6 is 11.6 Å². The first-order valence-corrected chi connectivity index (χ1v) is 9.13. The Kier molecular flexibility index (Phi) is 4.42. The Morgan fingerprint density at radius 1 is 1.19 bits per heavy atom. The van der Waals surface area contributed by atoms with Gasteiger partial charge in [0.15, 0.2) is 0 Å². The summed E-state index contributed by atoms with van der Waals surface area (Å²) in [6.07, 6.45) is 0.776. The maximum atomic E-state index is 12.6. The van der Waals surface area contributed by atoms with Crippen molar-refractivity contribution in [1.82, 2.24) is 19.9 Å². The molecule has 1 aromatic carbocycles. The Balaban J connectivity index is 1.59. The largest absolute Gasteiger partial charge is 0.361 e. The predicted molar refractivity (Wildman–Crippen MR) is 103 cm³/mol. The number of hydrogen-bond donors (Lipinski definition) is 2. The van der Waals surface area contributed by atoms with Crippen LogP contribution in [0, 0.1) is 13.8 Å². The van der Waals surface area contributed by atoms with E-state index in [1.54, 1.807) is 12.1 Å². The van der Waals surface area contributed by atoms with Crippen LogP contribution in [0.15, 0.2) is 35.1 Å². The maximum Gasteiger partial charge on any atom is 0.255 e. The van der Waals surface area contributed by atoms with Crippen molar-refractivity contribution in [3.05, 3.63) is 73.9 Å². The van der Waals surface area contributed by atoms with Crippen LogP contribution < -0.4 is 5.56 Å². The van der Waals surface area contributed by atoms with Gasteiger partial charge in [0.2, 0.25) is 0 Å². The molecule has 3 heterocycles. The molecule has 0 saturated heterocycles. The number of benzene rings is 1. The van der Waals surface area contributed by atoms with Gasteiger partial charge in [0.1, 0.15) is 5.82 Å². The van der Waals surface area contributed by atoms with Gasteiger partial charge in [0, 0.05) is 48.0 Å². The molecule has 0 atom stereocenters. The quantitative estimate of drug-likeness (QED) is 0.742. The van der Waals surface area contributed by atoms with Crippen molar-refractivity contribution >= 4 is 11.6 Å². The fourth-order valence-electron chi connectivity index (χ4n) is 3.53. The second-order valence-electron chi connectivity index (χ2n) is 6.92. The van der Waals surface area contributed by atoms with E-state index in [0.717, 1.165) is 36.3 Å². The molecule has 0 fully saturated rings. The fourth-order valence-corrected chi connectivity index (χ4v) is 3.66. The average Bonchev–Trinajstić information content (AvgIpc) is 2.93. The van der Waals surface area contributed by atoms with Gasteiger partial charge in [-0.2, -0.15) is 0 Å². The summed E-state index contributed by atoms with van der Waals surface area (Å²) in [4.78, 5) is 26.0. The van der Waals surface area contributed by atoms with Crippen LogP contribution in [0.2, 0.25) is 5.02 Å². The Hall–Kier alpha value is -2.37. The van der Waals surface area contributed by atoms with Gasteiger partial charge in [-0.05, 0) is 49.7 Å². The van der Waals surface area contributed by atoms with E-state index >= 15 is 0 Å². The highest BCUT2D eigenvalue weighted by atomic mass is 35.5. The minimum atomic E-state index is -0.0518. The molecule has 0 amide bonds. The molecule has 0 unspecified atom stereocenters. The zero-order valence-electron chi connectivity index (χ0n) is 14.9. The summed E-state index contributed by atoms with van der Waals surface area (Å²) in [6.45, 7) is 6.51. The number of halogens is 1. The van der Waals surface area contributed by atoms with Crippen LogP contribution in [0.1, 0.15) is 28.2 Å². The molecule has 2 aromatic heterocycles. The summed E-state index contributed by atoms with van der Waals surface area (Å²) >= 11 is 5.94. The molecular weight excluding hydrogens is 348 g/mol. The van der Waals surface area contributed by atoms with E-state index < -0.39 is 0 Å². The number of nitrogens with one attached hydrogen (secondary N) is 2. The average molecular weight is 369 g/mol. The molecule has 0 spiro atoms. The normalized spacial score (nSPS) is 14.4. The Morgan fingerprint density at radius 2 is 1.96 bits per heavy atom. The van der Waals surface area contributed by atoms with Gasteiger partial charge in [0.05, 0.1) is 11.3 Å². The van der Waals surface area contributed by atoms with Crippen LogP contribution in [0.25, 0.3) is 11.4 Å². The topological polar surface area (TPSA) is 64.8 Å².